The molecule has 0 radical (unpaired) electrons. The molecule has 4 N–H and O–H groups in total. The van der Waals surface area contributed by atoms with E-state index in [9.17, 15) is 24.0 Å². The van der Waals surface area contributed by atoms with Gasteiger partial charge >= 0.3 is 12.2 Å². The largest absolute Gasteiger partial charge is 0.456 e. The van der Waals surface area contributed by atoms with Crippen LogP contribution >= 0.6 is 0 Å². The molecule has 0 aliphatic carbocycles. The molecule has 1 aliphatic rings. The average Bonchev–Trinajstić information content (AvgIpc) is 3.94. The molecular formula is C44H54N8O8. The van der Waals surface area contributed by atoms with Crippen molar-refractivity contribution in [2.45, 2.75) is 72.4 Å². The first-order valence-electron chi connectivity index (χ1n) is 20.1. The van der Waals surface area contributed by atoms with Gasteiger partial charge in [-0.1, -0.05) is 65.3 Å². The minimum absolute atomic E-state index is 0.176. The number of imidazole rings is 1. The van der Waals surface area contributed by atoms with Crippen molar-refractivity contribution in [1.82, 2.24) is 35.9 Å². The Morgan fingerprint density at radius 3 is 2.45 bits per heavy atom. The molecule has 4 amide bonds. The topological polar surface area (TPSA) is 201 Å². The Morgan fingerprint density at radius 2 is 1.77 bits per heavy atom. The van der Waals surface area contributed by atoms with Gasteiger partial charge in [0.1, 0.15) is 29.6 Å². The van der Waals surface area contributed by atoms with Gasteiger partial charge in [-0.15, -0.1) is 0 Å². The quantitative estimate of drug-likeness (QED) is 0.0413. The van der Waals surface area contributed by atoms with E-state index in [0.29, 0.717) is 69.6 Å². The lowest BCUT2D eigenvalue weighted by Crippen LogP contribution is -2.55. The molecule has 16 nitrogen and oxygen atoms in total. The highest BCUT2D eigenvalue weighted by Crippen LogP contribution is 2.33. The molecule has 1 fully saturated rings. The van der Waals surface area contributed by atoms with Crippen LogP contribution in [0.2, 0.25) is 0 Å². The summed E-state index contributed by atoms with van der Waals surface area (Å²) in [7, 11) is 2.48. The van der Waals surface area contributed by atoms with Crippen LogP contribution in [0, 0.1) is 5.92 Å². The summed E-state index contributed by atoms with van der Waals surface area (Å²) in [6.45, 7) is 14.2. The lowest BCUT2D eigenvalue weighted by atomic mass is 10.00. The molecule has 5 aromatic rings. The van der Waals surface area contributed by atoms with Crippen LogP contribution in [0.3, 0.4) is 0 Å². The van der Waals surface area contributed by atoms with Crippen molar-refractivity contribution in [2.75, 3.05) is 33.9 Å². The first-order valence-corrected chi connectivity index (χ1v) is 20.1. The minimum atomic E-state index is -0.844. The molecule has 3 aromatic carbocycles. The predicted octanol–water partition coefficient (Wildman–Crippen LogP) is 7.05. The van der Waals surface area contributed by atoms with Gasteiger partial charge in [-0.2, -0.15) is 0 Å². The first kappa shape index (κ1) is 44.4. The number of benzene rings is 3. The number of aromatic nitrogens is 2. The third-order valence-electron chi connectivity index (χ3n) is 9.91. The number of fused-ring (bicyclic) bond motifs is 4. The van der Waals surface area contributed by atoms with E-state index < -0.39 is 18.2 Å². The van der Waals surface area contributed by atoms with E-state index in [0.717, 1.165) is 23.8 Å². The molecule has 0 bridgehead atoms. The van der Waals surface area contributed by atoms with Crippen molar-refractivity contribution < 1.29 is 33.1 Å². The molecule has 2 atom stereocenters. The highest BCUT2D eigenvalue weighted by atomic mass is 16.5. The average molecular weight is 823 g/mol. The molecular weight excluding hydrogens is 769 g/mol. The fraction of sp³-hybridized carbons (Fsp3) is 0.386. The second-order valence-corrected chi connectivity index (χ2v) is 14.7. The molecule has 1 aliphatic heterocycles. The number of aliphatic imine (C=N–C) groups is 1. The van der Waals surface area contributed by atoms with Gasteiger partial charge in [0.25, 0.3) is 5.91 Å². The Morgan fingerprint density at radius 1 is 1.03 bits per heavy atom. The maximum atomic E-state index is 14.1. The summed E-state index contributed by atoms with van der Waals surface area (Å²) in [6, 6.07) is 13.4. The molecule has 1 unspecified atom stereocenters. The van der Waals surface area contributed by atoms with Gasteiger partial charge in [0.2, 0.25) is 11.3 Å². The van der Waals surface area contributed by atoms with Crippen molar-refractivity contribution in [3.63, 3.8) is 0 Å². The van der Waals surface area contributed by atoms with Gasteiger partial charge in [-0.25, -0.2) is 14.6 Å². The Balaban J connectivity index is 0.00000221. The number of nitrogens with one attached hydrogen (secondary N) is 4. The number of rotatable bonds is 13. The van der Waals surface area contributed by atoms with Crippen LogP contribution in [0.15, 0.2) is 75.1 Å². The van der Waals surface area contributed by atoms with E-state index in [2.05, 4.69) is 56.3 Å². The van der Waals surface area contributed by atoms with Gasteiger partial charge in [0.15, 0.2) is 0 Å². The summed E-state index contributed by atoms with van der Waals surface area (Å²) in [5.41, 5.74) is 6.41. The smallest absolute Gasteiger partial charge is 0.407 e. The molecule has 6 rings (SSSR count). The Labute approximate surface area is 348 Å². The number of nitrogens with zero attached hydrogens (tertiary/aromatic N) is 4. The maximum absolute atomic E-state index is 14.1. The number of aromatic amines is 1. The zero-order valence-electron chi connectivity index (χ0n) is 35.2. The molecule has 318 valence electrons. The molecule has 1 saturated heterocycles. The van der Waals surface area contributed by atoms with Crippen molar-refractivity contribution in [2.24, 2.45) is 10.9 Å². The van der Waals surface area contributed by atoms with E-state index in [1.165, 1.54) is 31.8 Å². The van der Waals surface area contributed by atoms with Gasteiger partial charge < -0.3 is 34.4 Å². The van der Waals surface area contributed by atoms with Crippen LogP contribution in [0.1, 0.15) is 77.7 Å². The van der Waals surface area contributed by atoms with Crippen molar-refractivity contribution >= 4 is 69.1 Å². The number of hydrogen-bond acceptors (Lipinski definition) is 11. The van der Waals surface area contributed by atoms with Crippen molar-refractivity contribution in [3.05, 3.63) is 82.5 Å². The van der Waals surface area contributed by atoms with Crippen LogP contribution in [0.4, 0.5) is 9.59 Å². The summed E-state index contributed by atoms with van der Waals surface area (Å²) >= 11 is 0. The first-order chi connectivity index (χ1) is 28.9. The summed E-state index contributed by atoms with van der Waals surface area (Å²) in [6.07, 6.45) is 5.21. The lowest BCUT2D eigenvalue weighted by molar-refractivity contribution is -0.136. The van der Waals surface area contributed by atoms with E-state index in [-0.39, 0.29) is 35.7 Å². The highest BCUT2D eigenvalue weighted by molar-refractivity contribution is 6.09. The predicted molar refractivity (Wildman–Crippen MR) is 232 cm³/mol. The molecule has 2 aromatic heterocycles. The van der Waals surface area contributed by atoms with E-state index in [1.54, 1.807) is 29.3 Å². The van der Waals surface area contributed by atoms with Crippen LogP contribution in [0.25, 0.3) is 49.7 Å². The van der Waals surface area contributed by atoms with Crippen LogP contribution < -0.4 is 21.5 Å². The Hall–Kier alpha value is -6.71. The van der Waals surface area contributed by atoms with Gasteiger partial charge in [0, 0.05) is 24.2 Å². The molecule has 0 saturated carbocycles. The number of methoxy groups -OCH3 is 2. The van der Waals surface area contributed by atoms with Crippen LogP contribution in [0.5, 0.6) is 0 Å². The number of H-pyrrole nitrogens is 1. The summed E-state index contributed by atoms with van der Waals surface area (Å²) < 4.78 is 15.7. The van der Waals surface area contributed by atoms with Gasteiger partial charge in [-0.3, -0.25) is 29.8 Å². The van der Waals surface area contributed by atoms with E-state index in [4.69, 9.17) is 9.15 Å². The number of amides is 4. The lowest BCUT2D eigenvalue weighted by Gasteiger charge is -2.31. The SMILES string of the molecule is C=N/C=C(\NN(CCC)C(=O)C(NC(=O)OC)C(C)C)c1ccc2c(ccc3oc4cc(-c5cnc([C@@H]6CCCN6C(=O)CNC(=O)OC)[nH]5)ccc4c(=O)c32)c1.CCC. The van der Waals surface area contributed by atoms with Gasteiger partial charge in [0.05, 0.1) is 54.8 Å². The third-order valence-corrected chi connectivity index (χ3v) is 9.91. The molecule has 16 heteroatoms. The number of hydrogen-bond donors (Lipinski definition) is 4. The number of alkyl carbamates (subject to hydrolysis) is 2. The maximum Gasteiger partial charge on any atom is 0.407 e. The van der Waals surface area contributed by atoms with E-state index in [1.807, 2.05) is 51.1 Å². The molecule has 60 heavy (non-hydrogen) atoms. The van der Waals surface area contributed by atoms with Gasteiger partial charge in [-0.05, 0) is 66.9 Å². The molecule has 0 spiro atoms. The number of likely N-dealkylation sites (tertiary alicyclic amines) is 1. The fourth-order valence-electron chi connectivity index (χ4n) is 7.05. The zero-order chi connectivity index (χ0) is 43.5. The normalized spacial score (nSPS) is 14.4. The zero-order valence-corrected chi connectivity index (χ0v) is 35.2. The standard InChI is InChI=1S/C41H46N8O8.C3H8/c1-7-16-49(39(52)36(23(2)3)46-41(54)56-6)47-30(20-42-4)25-10-13-27-24(18-25)12-15-32-35(27)37(51)28-14-11-26(19-33(28)57-32)29-21-43-38(45-29)31-9-8-17-48(31)34(50)22-44-40(53)55-5;1-3-2/h10-15,18-21,23,31,36,47H,4,7-9,16-17,22H2,1-3,5-6H3,(H,43,45)(H,44,53)(H,46,54);3H2,1-2H3/b30-20-;/t31-,36?;/m0./s1. The third kappa shape index (κ3) is 9.93. The van der Waals surface area contributed by atoms with Crippen LogP contribution in [-0.2, 0) is 19.1 Å². The monoisotopic (exact) mass is 822 g/mol. The summed E-state index contributed by atoms with van der Waals surface area (Å²) in [4.78, 5) is 77.7. The number of carbonyl (C=O) groups excluding carboxylic acids is 4. The second-order valence-electron chi connectivity index (χ2n) is 14.7. The van der Waals surface area contributed by atoms with E-state index >= 15 is 0 Å². The number of carbonyl (C=O) groups is 4. The number of hydrazine groups is 1. The number of ether oxygens (including phenoxy) is 2. The summed E-state index contributed by atoms with van der Waals surface area (Å²) in [5, 5.41) is 8.78. The summed E-state index contributed by atoms with van der Waals surface area (Å²) in [5.74, 6) is -0.181. The molecule has 3 heterocycles. The minimum Gasteiger partial charge on any atom is -0.456 e. The van der Waals surface area contributed by atoms with Crippen LogP contribution in [-0.4, -0.2) is 90.5 Å². The highest BCUT2D eigenvalue weighted by Gasteiger charge is 2.32. The van der Waals surface area contributed by atoms with Crippen molar-refractivity contribution in [3.8, 4) is 11.3 Å². The Kier molecular flexibility index (Phi) is 15.0. The second kappa shape index (κ2) is 20.3. The fourth-order valence-corrected chi connectivity index (χ4v) is 7.05. The van der Waals surface area contributed by atoms with Crippen molar-refractivity contribution in [1.29, 1.82) is 0 Å². The Bertz CT molecular complexity index is 2460.